The number of hydrogen-bond acceptors (Lipinski definition) is 2. The van der Waals surface area contributed by atoms with Crippen molar-refractivity contribution >= 4 is 11.8 Å². The van der Waals surface area contributed by atoms with Crippen LogP contribution in [-0.2, 0) is 11.3 Å². The molecule has 130 valence electrons. The maximum Gasteiger partial charge on any atom is 0.253 e. The lowest BCUT2D eigenvalue weighted by Crippen LogP contribution is -2.42. The predicted octanol–water partition coefficient (Wildman–Crippen LogP) is 3.16. The molecule has 1 fully saturated rings. The van der Waals surface area contributed by atoms with E-state index in [2.05, 4.69) is 11.4 Å². The number of nitrogens with zero attached hydrogens (tertiary/aromatic N) is 1. The quantitative estimate of drug-likeness (QED) is 0.932. The minimum atomic E-state index is -0.00960. The molecule has 0 radical (unpaired) electrons. The highest BCUT2D eigenvalue weighted by Crippen LogP contribution is 2.19. The lowest BCUT2D eigenvalue weighted by molar-refractivity contribution is -0.126. The molecule has 0 bridgehead atoms. The summed E-state index contributed by atoms with van der Waals surface area (Å²) in [7, 11) is 0. The van der Waals surface area contributed by atoms with Gasteiger partial charge in [0, 0.05) is 31.1 Å². The lowest BCUT2D eigenvalue weighted by Gasteiger charge is -2.31. The van der Waals surface area contributed by atoms with E-state index in [0.717, 1.165) is 18.4 Å². The Morgan fingerprint density at radius 1 is 1.04 bits per heavy atom. The van der Waals surface area contributed by atoms with Gasteiger partial charge in [-0.2, -0.15) is 0 Å². The summed E-state index contributed by atoms with van der Waals surface area (Å²) in [6.45, 7) is 3.88. The van der Waals surface area contributed by atoms with Crippen molar-refractivity contribution in [3.63, 3.8) is 0 Å². The van der Waals surface area contributed by atoms with Crippen molar-refractivity contribution in [2.45, 2.75) is 26.3 Å². The van der Waals surface area contributed by atoms with Crippen LogP contribution in [0.5, 0.6) is 0 Å². The van der Waals surface area contributed by atoms with E-state index < -0.39 is 0 Å². The molecule has 0 spiro atoms. The summed E-state index contributed by atoms with van der Waals surface area (Å²) in [4.78, 5) is 26.7. The van der Waals surface area contributed by atoms with Gasteiger partial charge in [0.2, 0.25) is 5.91 Å². The minimum absolute atomic E-state index is 0.00960. The Hall–Kier alpha value is -2.62. The molecule has 3 rings (SSSR count). The second-order valence-electron chi connectivity index (χ2n) is 6.64. The zero-order valence-corrected chi connectivity index (χ0v) is 14.6. The number of likely N-dealkylation sites (tertiary alicyclic amines) is 1. The Morgan fingerprint density at radius 2 is 1.76 bits per heavy atom. The molecule has 1 N–H and O–H groups in total. The highest BCUT2D eigenvalue weighted by atomic mass is 16.2. The highest BCUT2D eigenvalue weighted by molar-refractivity contribution is 5.94. The van der Waals surface area contributed by atoms with Gasteiger partial charge >= 0.3 is 0 Å². The molecule has 0 aromatic heterocycles. The summed E-state index contributed by atoms with van der Waals surface area (Å²) < 4.78 is 0. The molecule has 4 heteroatoms. The highest BCUT2D eigenvalue weighted by Gasteiger charge is 2.27. The molecular formula is C21H24N2O2. The van der Waals surface area contributed by atoms with Gasteiger partial charge < -0.3 is 10.2 Å². The van der Waals surface area contributed by atoms with Crippen LogP contribution < -0.4 is 5.32 Å². The molecule has 4 nitrogen and oxygen atoms in total. The number of benzene rings is 2. The fraction of sp³-hybridized carbons (Fsp3) is 0.333. The average Bonchev–Trinajstić information content (AvgIpc) is 2.66. The maximum absolute atomic E-state index is 12.4. The largest absolute Gasteiger partial charge is 0.352 e. The molecule has 2 amide bonds. The number of aryl methyl sites for hydroxylation is 1. The van der Waals surface area contributed by atoms with E-state index in [0.29, 0.717) is 25.2 Å². The molecule has 0 unspecified atom stereocenters. The molecular weight excluding hydrogens is 312 g/mol. The zero-order chi connectivity index (χ0) is 17.6. The Bertz CT molecular complexity index is 735. The van der Waals surface area contributed by atoms with E-state index in [1.165, 1.54) is 5.56 Å². The third kappa shape index (κ3) is 4.47. The smallest absolute Gasteiger partial charge is 0.253 e. The van der Waals surface area contributed by atoms with Crippen molar-refractivity contribution < 1.29 is 9.59 Å². The van der Waals surface area contributed by atoms with E-state index in [1.54, 1.807) is 0 Å². The van der Waals surface area contributed by atoms with Crippen molar-refractivity contribution in [1.29, 1.82) is 0 Å². The summed E-state index contributed by atoms with van der Waals surface area (Å²) in [5, 5.41) is 3.03. The summed E-state index contributed by atoms with van der Waals surface area (Å²) in [5.41, 5.74) is 3.02. The summed E-state index contributed by atoms with van der Waals surface area (Å²) in [5.74, 6) is 0.136. The van der Waals surface area contributed by atoms with Gasteiger partial charge in [0.1, 0.15) is 0 Å². The third-order valence-corrected chi connectivity index (χ3v) is 4.72. The van der Waals surface area contributed by atoms with Crippen LogP contribution in [0.25, 0.3) is 0 Å². The van der Waals surface area contributed by atoms with Crippen molar-refractivity contribution in [2.24, 2.45) is 5.92 Å². The first kappa shape index (κ1) is 17.2. The first-order valence-corrected chi connectivity index (χ1v) is 8.81. The zero-order valence-electron chi connectivity index (χ0n) is 14.6. The van der Waals surface area contributed by atoms with Crippen LogP contribution in [0.3, 0.4) is 0 Å². The van der Waals surface area contributed by atoms with Gasteiger partial charge in [-0.15, -0.1) is 0 Å². The minimum Gasteiger partial charge on any atom is -0.352 e. The van der Waals surface area contributed by atoms with Crippen LogP contribution in [0.4, 0.5) is 0 Å². The van der Waals surface area contributed by atoms with Crippen molar-refractivity contribution in [3.05, 3.63) is 71.3 Å². The van der Waals surface area contributed by atoms with Crippen LogP contribution in [0, 0.1) is 12.8 Å². The number of nitrogens with one attached hydrogen (secondary N) is 1. The second-order valence-corrected chi connectivity index (χ2v) is 6.64. The van der Waals surface area contributed by atoms with Gasteiger partial charge in [-0.25, -0.2) is 0 Å². The summed E-state index contributed by atoms with van der Waals surface area (Å²) in [6, 6.07) is 17.5. The number of carbonyl (C=O) groups is 2. The molecule has 1 aliphatic heterocycles. The SMILES string of the molecule is Cc1cccc(CNC(=O)C2CCN(C(=O)c3ccccc3)CC2)c1. The Kier molecular flexibility index (Phi) is 5.49. The Balaban J connectivity index is 1.48. The van der Waals surface area contributed by atoms with E-state index in [4.69, 9.17) is 0 Å². The van der Waals surface area contributed by atoms with Crippen LogP contribution in [0.15, 0.2) is 54.6 Å². The van der Waals surface area contributed by atoms with Crippen LogP contribution in [0.1, 0.15) is 34.3 Å². The Labute approximate surface area is 148 Å². The van der Waals surface area contributed by atoms with Crippen LogP contribution in [-0.4, -0.2) is 29.8 Å². The van der Waals surface area contributed by atoms with E-state index in [1.807, 2.05) is 60.4 Å². The molecule has 0 aliphatic carbocycles. The normalized spacial score (nSPS) is 15.0. The fourth-order valence-corrected chi connectivity index (χ4v) is 3.26. The number of rotatable bonds is 4. The molecule has 1 heterocycles. The first-order chi connectivity index (χ1) is 12.1. The second kappa shape index (κ2) is 7.97. The van der Waals surface area contributed by atoms with Crippen LogP contribution >= 0.6 is 0 Å². The van der Waals surface area contributed by atoms with E-state index in [-0.39, 0.29) is 17.7 Å². The van der Waals surface area contributed by atoms with Gasteiger partial charge in [-0.1, -0.05) is 48.0 Å². The maximum atomic E-state index is 12.4. The Morgan fingerprint density at radius 3 is 2.44 bits per heavy atom. The number of carbonyl (C=O) groups excluding carboxylic acids is 2. The predicted molar refractivity (Wildman–Crippen MR) is 98.1 cm³/mol. The molecule has 2 aromatic rings. The lowest BCUT2D eigenvalue weighted by atomic mass is 9.95. The molecule has 2 aromatic carbocycles. The van der Waals surface area contributed by atoms with Crippen LogP contribution in [0.2, 0.25) is 0 Å². The van der Waals surface area contributed by atoms with Gasteiger partial charge in [-0.05, 0) is 37.5 Å². The molecule has 1 saturated heterocycles. The van der Waals surface area contributed by atoms with Crippen molar-refractivity contribution in [2.75, 3.05) is 13.1 Å². The number of piperidine rings is 1. The first-order valence-electron chi connectivity index (χ1n) is 8.81. The number of amides is 2. The van der Waals surface area contributed by atoms with E-state index in [9.17, 15) is 9.59 Å². The van der Waals surface area contributed by atoms with Crippen molar-refractivity contribution in [3.8, 4) is 0 Å². The molecule has 1 aliphatic rings. The summed E-state index contributed by atoms with van der Waals surface area (Å²) >= 11 is 0. The molecule has 25 heavy (non-hydrogen) atoms. The van der Waals surface area contributed by atoms with Gasteiger partial charge in [0.25, 0.3) is 5.91 Å². The summed E-state index contributed by atoms with van der Waals surface area (Å²) in [6.07, 6.45) is 1.44. The topological polar surface area (TPSA) is 49.4 Å². The molecule has 0 saturated carbocycles. The fourth-order valence-electron chi connectivity index (χ4n) is 3.26. The standard InChI is InChI=1S/C21H24N2O2/c1-16-6-5-7-17(14-16)15-22-20(24)18-10-12-23(13-11-18)21(25)19-8-3-2-4-9-19/h2-9,14,18H,10-13,15H2,1H3,(H,22,24). The van der Waals surface area contributed by atoms with Crippen molar-refractivity contribution in [1.82, 2.24) is 10.2 Å². The number of hydrogen-bond donors (Lipinski definition) is 1. The van der Waals surface area contributed by atoms with E-state index >= 15 is 0 Å². The third-order valence-electron chi connectivity index (χ3n) is 4.72. The van der Waals surface area contributed by atoms with Gasteiger partial charge in [0.15, 0.2) is 0 Å². The average molecular weight is 336 g/mol. The monoisotopic (exact) mass is 336 g/mol. The van der Waals surface area contributed by atoms with Gasteiger partial charge in [0.05, 0.1) is 0 Å². The van der Waals surface area contributed by atoms with Gasteiger partial charge in [-0.3, -0.25) is 9.59 Å². The molecule has 0 atom stereocenters.